The Balaban J connectivity index is 2.26. The second-order valence-corrected chi connectivity index (χ2v) is 22.2. The van der Waals surface area contributed by atoms with E-state index in [9.17, 15) is 87.5 Å². The van der Waals surface area contributed by atoms with Gasteiger partial charge in [0.25, 0.3) is 0 Å². The molecular weight excluding hydrogens is 1190 g/mol. The SMILES string of the molecule is CC[C@H](C)[C@H](NC(C)=O)C(=O)NCC(=O)N[C@@H](CCC(=O)O)C(=O)NCC(=O)N[C@H](C(=O)N[C@@H](Cc1ccc(O)cc1)C(=O)NCC(=O)N[C@H](C(=O)N[C@H](C(=O)N[C@@H](Cc1ccccc1)C(=O)N[C@@H](CCCCN)C(=O)N[C@@H](C)C(N)=O)C(C)C)[C@@H](C)O)[C@@H](C)O. The van der Waals surface area contributed by atoms with Gasteiger partial charge in [-0.2, -0.15) is 0 Å². The average molecular weight is 1280 g/mol. The molecule has 12 atom stereocenters. The van der Waals surface area contributed by atoms with Crippen molar-refractivity contribution in [2.24, 2.45) is 23.3 Å². The van der Waals surface area contributed by atoms with E-state index in [0.29, 0.717) is 36.9 Å². The highest BCUT2D eigenvalue weighted by Crippen LogP contribution is 2.14. The number of aliphatic carboxylic acids is 1. The van der Waals surface area contributed by atoms with Crippen molar-refractivity contribution >= 4 is 82.8 Å². The summed E-state index contributed by atoms with van der Waals surface area (Å²) in [6.07, 6.45) is -3.34. The van der Waals surface area contributed by atoms with Gasteiger partial charge in [-0.3, -0.25) is 67.1 Å². The fourth-order valence-corrected chi connectivity index (χ4v) is 8.68. The Labute approximate surface area is 526 Å². The molecule has 2 rings (SSSR count). The van der Waals surface area contributed by atoms with Crippen molar-refractivity contribution in [3.8, 4) is 5.75 Å². The summed E-state index contributed by atoms with van der Waals surface area (Å²) in [5.41, 5.74) is 11.9. The van der Waals surface area contributed by atoms with E-state index in [0.717, 1.165) is 13.8 Å². The third kappa shape index (κ3) is 28.8. The summed E-state index contributed by atoms with van der Waals surface area (Å²) in [4.78, 5) is 184. The predicted molar refractivity (Wildman–Crippen MR) is 326 cm³/mol. The molecule has 0 bridgehead atoms. The van der Waals surface area contributed by atoms with E-state index in [4.69, 9.17) is 11.5 Å². The third-order valence-corrected chi connectivity index (χ3v) is 14.1. The van der Waals surface area contributed by atoms with Crippen LogP contribution in [0, 0.1) is 11.8 Å². The number of amides is 13. The van der Waals surface area contributed by atoms with Gasteiger partial charge in [0.15, 0.2) is 0 Å². The molecule has 0 saturated carbocycles. The van der Waals surface area contributed by atoms with Crippen LogP contribution < -0.4 is 75.3 Å². The lowest BCUT2D eigenvalue weighted by Gasteiger charge is -2.29. The molecule has 0 radical (unpaired) electrons. The quantitative estimate of drug-likeness (QED) is 0.0278. The summed E-state index contributed by atoms with van der Waals surface area (Å²) in [7, 11) is 0. The first-order valence-corrected chi connectivity index (χ1v) is 29.7. The van der Waals surface area contributed by atoms with Gasteiger partial charge in [-0.25, -0.2) is 0 Å². The minimum absolute atomic E-state index is 0.0931. The Morgan fingerprint density at radius 2 is 0.912 bits per heavy atom. The van der Waals surface area contributed by atoms with Gasteiger partial charge in [-0.15, -0.1) is 0 Å². The van der Waals surface area contributed by atoms with E-state index in [1.54, 1.807) is 58.0 Å². The highest BCUT2D eigenvalue weighted by atomic mass is 16.4. The number of nitrogens with two attached hydrogens (primary N) is 2. The Morgan fingerprint density at radius 1 is 0.473 bits per heavy atom. The summed E-state index contributed by atoms with van der Waals surface area (Å²) in [6, 6.07) is 1.07. The standard InChI is InChI=1S/C59H90N14O18/c1-9-31(4)48(66-35(8)76)56(88)64-27-43(78)67-40(22-23-46(81)82)52(84)62-28-44(79)71-49(33(6)74)58(90)69-41(26-37-18-20-38(77)21-19-37)53(85)63-29-45(80)72-50(34(7)75)59(91)73-47(30(2)3)57(89)70-42(25-36-15-11-10-12-16-36)55(87)68-39(17-13-14-24-60)54(86)65-32(5)51(61)83/h10-12,15-16,18-21,30-34,39-42,47-50,74-75,77H,9,13-14,17,22-29,60H2,1-8H3,(H2,61,83)(H,62,84)(H,63,85)(H,64,88)(H,65,86)(H,66,76)(H,67,78)(H,68,87)(H,69,90)(H,70,89)(H,71,79)(H,72,80)(H,73,91)(H,81,82)/t31-,32-,33+,34+,39-,40-,41-,42-,47-,48-,49-,50-/m0/s1. The van der Waals surface area contributed by atoms with E-state index in [1.807, 2.05) is 0 Å². The normalized spacial score (nSPS) is 14.9. The zero-order valence-corrected chi connectivity index (χ0v) is 52.3. The van der Waals surface area contributed by atoms with Crippen LogP contribution in [0.25, 0.3) is 0 Å². The van der Waals surface area contributed by atoms with Crippen LogP contribution in [0.3, 0.4) is 0 Å². The van der Waals surface area contributed by atoms with Crippen LogP contribution in [0.1, 0.15) is 105 Å². The van der Waals surface area contributed by atoms with Gasteiger partial charge in [0.1, 0.15) is 60.1 Å². The topological polar surface area (TPSA) is 516 Å². The number of aliphatic hydroxyl groups is 2. The summed E-state index contributed by atoms with van der Waals surface area (Å²) >= 11 is 0. The lowest BCUT2D eigenvalue weighted by molar-refractivity contribution is -0.138. The number of hydrogen-bond donors (Lipinski definition) is 18. The summed E-state index contributed by atoms with van der Waals surface area (Å²) in [5.74, 6) is -14.4. The molecule has 0 spiro atoms. The number of aliphatic hydroxyl groups excluding tert-OH is 2. The zero-order chi connectivity index (χ0) is 68.7. The van der Waals surface area contributed by atoms with E-state index in [-0.39, 0.29) is 30.9 Å². The molecule has 0 aliphatic heterocycles. The van der Waals surface area contributed by atoms with Crippen LogP contribution in [0.5, 0.6) is 5.75 Å². The maximum absolute atomic E-state index is 14.1. The number of phenolic OH excluding ortho intramolecular Hbond substituents is 1. The number of carboxylic acid groups (broad SMARTS) is 1. The Bertz CT molecular complexity index is 2820. The number of aromatic hydroxyl groups is 1. The van der Waals surface area contributed by atoms with Gasteiger partial charge in [-0.1, -0.05) is 76.6 Å². The van der Waals surface area contributed by atoms with Crippen LogP contribution >= 0.6 is 0 Å². The second-order valence-electron chi connectivity index (χ2n) is 22.2. The molecular formula is C59H90N14O18. The van der Waals surface area contributed by atoms with E-state index in [1.165, 1.54) is 38.1 Å². The Morgan fingerprint density at radius 3 is 1.38 bits per heavy atom. The number of nitrogens with one attached hydrogen (secondary N) is 12. The van der Waals surface area contributed by atoms with Crippen molar-refractivity contribution in [2.75, 3.05) is 26.2 Å². The molecule has 0 aromatic heterocycles. The number of carbonyl (C=O) groups is 14. The van der Waals surface area contributed by atoms with Gasteiger partial charge < -0.3 is 95.7 Å². The fraction of sp³-hybridized carbons (Fsp3) is 0.559. The fourth-order valence-electron chi connectivity index (χ4n) is 8.68. The third-order valence-electron chi connectivity index (χ3n) is 14.1. The smallest absolute Gasteiger partial charge is 0.303 e. The molecule has 0 fully saturated rings. The van der Waals surface area contributed by atoms with Crippen molar-refractivity contribution in [1.82, 2.24) is 63.8 Å². The maximum atomic E-state index is 14.1. The number of unbranched alkanes of at least 4 members (excludes halogenated alkanes) is 1. The van der Waals surface area contributed by atoms with Crippen LogP contribution in [0.4, 0.5) is 0 Å². The Hall–Kier alpha value is -9.30. The van der Waals surface area contributed by atoms with Crippen LogP contribution in [-0.2, 0) is 80.0 Å². The number of primary amides is 1. The molecule has 0 saturated heterocycles. The molecule has 32 heteroatoms. The minimum atomic E-state index is -1.83. The van der Waals surface area contributed by atoms with Crippen molar-refractivity contribution in [1.29, 1.82) is 0 Å². The molecule has 13 amide bonds. The molecule has 0 unspecified atom stereocenters. The van der Waals surface area contributed by atoms with Gasteiger partial charge in [0.2, 0.25) is 76.8 Å². The highest BCUT2D eigenvalue weighted by molar-refractivity contribution is 5.99. The number of hydrogen-bond acceptors (Lipinski definition) is 18. The van der Waals surface area contributed by atoms with Gasteiger partial charge in [0.05, 0.1) is 31.8 Å². The van der Waals surface area contributed by atoms with E-state index >= 15 is 0 Å². The van der Waals surface area contributed by atoms with Crippen molar-refractivity contribution in [3.05, 3.63) is 65.7 Å². The van der Waals surface area contributed by atoms with Crippen LogP contribution in [-0.4, -0.2) is 196 Å². The molecule has 2 aromatic carbocycles. The molecule has 20 N–H and O–H groups in total. The van der Waals surface area contributed by atoms with Gasteiger partial charge >= 0.3 is 5.97 Å². The summed E-state index contributed by atoms with van der Waals surface area (Å²) < 4.78 is 0. The van der Waals surface area contributed by atoms with Gasteiger partial charge in [0, 0.05) is 26.2 Å². The predicted octanol–water partition coefficient (Wildman–Crippen LogP) is -5.13. The number of rotatable bonds is 40. The largest absolute Gasteiger partial charge is 0.508 e. The van der Waals surface area contributed by atoms with Crippen molar-refractivity contribution in [3.63, 3.8) is 0 Å². The summed E-state index contributed by atoms with van der Waals surface area (Å²) in [5, 5.41) is 69.5. The lowest BCUT2D eigenvalue weighted by Crippen LogP contribution is -2.62. The van der Waals surface area contributed by atoms with Crippen LogP contribution in [0.2, 0.25) is 0 Å². The van der Waals surface area contributed by atoms with Crippen LogP contribution in [0.15, 0.2) is 54.6 Å². The van der Waals surface area contributed by atoms with E-state index in [2.05, 4.69) is 63.8 Å². The minimum Gasteiger partial charge on any atom is -0.508 e. The first kappa shape index (κ1) is 77.8. The average Bonchev–Trinajstić information content (AvgIpc) is 1.44. The molecule has 2 aromatic rings. The monoisotopic (exact) mass is 1280 g/mol. The van der Waals surface area contributed by atoms with Crippen molar-refractivity contribution < 1.29 is 87.5 Å². The lowest BCUT2D eigenvalue weighted by atomic mass is 9.98. The second kappa shape index (κ2) is 39.7. The molecule has 91 heavy (non-hydrogen) atoms. The first-order chi connectivity index (χ1) is 42.8. The molecule has 0 aliphatic rings. The maximum Gasteiger partial charge on any atom is 0.303 e. The number of carbonyl (C=O) groups excluding carboxylic acids is 13. The molecule has 0 heterocycles. The first-order valence-electron chi connectivity index (χ1n) is 29.7. The number of carboxylic acids is 1. The molecule has 504 valence electrons. The molecule has 0 aliphatic carbocycles. The number of benzene rings is 2. The highest BCUT2D eigenvalue weighted by Gasteiger charge is 2.36. The van der Waals surface area contributed by atoms with E-state index < -0.39 is 188 Å². The zero-order valence-electron chi connectivity index (χ0n) is 52.3. The van der Waals surface area contributed by atoms with Crippen molar-refractivity contribution in [2.45, 2.75) is 173 Å². The molecule has 32 nitrogen and oxygen atoms in total. The summed E-state index contributed by atoms with van der Waals surface area (Å²) in [6.45, 7) is 9.24. The Kier molecular flexibility index (Phi) is 33.9. The van der Waals surface area contributed by atoms with Gasteiger partial charge in [-0.05, 0) is 88.1 Å². The number of phenols is 1.